The van der Waals surface area contributed by atoms with Gasteiger partial charge in [-0.05, 0) is 53.9 Å². The van der Waals surface area contributed by atoms with Crippen LogP contribution < -0.4 is 0 Å². The van der Waals surface area contributed by atoms with Gasteiger partial charge in [-0.1, -0.05) is 19.3 Å². The fourth-order valence-corrected chi connectivity index (χ4v) is 3.18. The summed E-state index contributed by atoms with van der Waals surface area (Å²) < 4.78 is 10.9. The molecule has 0 bridgehead atoms. The number of likely N-dealkylation sites (N-methyl/N-ethyl adjacent to an activating group) is 1. The minimum Gasteiger partial charge on any atom is -0.452 e. The Morgan fingerprint density at radius 2 is 2.09 bits per heavy atom. The minimum absolute atomic E-state index is 0.123. The summed E-state index contributed by atoms with van der Waals surface area (Å²) in [6, 6.07) is 3.75. The van der Waals surface area contributed by atoms with Crippen molar-refractivity contribution >= 4 is 33.9 Å². The van der Waals surface area contributed by atoms with Gasteiger partial charge in [0, 0.05) is 18.7 Å². The molecule has 23 heavy (non-hydrogen) atoms. The average molecular weight is 384 g/mol. The quantitative estimate of drug-likeness (QED) is 0.553. The number of halogens is 1. The molecule has 6 heteroatoms. The lowest BCUT2D eigenvalue weighted by molar-refractivity contribution is -0.149. The second-order valence-electron chi connectivity index (χ2n) is 5.55. The van der Waals surface area contributed by atoms with E-state index >= 15 is 0 Å². The Kier molecular flexibility index (Phi) is 6.89. The molecule has 0 atom stereocenters. The first-order chi connectivity index (χ1) is 11.1. The molecule has 126 valence electrons. The lowest BCUT2D eigenvalue weighted by atomic mass is 9.94. The third-order valence-corrected chi connectivity index (χ3v) is 4.42. The molecule has 0 aliphatic heterocycles. The number of furan rings is 1. The fourth-order valence-electron chi connectivity index (χ4n) is 2.86. The van der Waals surface area contributed by atoms with Crippen LogP contribution in [0.25, 0.3) is 6.08 Å². The lowest BCUT2D eigenvalue weighted by Gasteiger charge is -2.33. The number of hydrogen-bond acceptors (Lipinski definition) is 4. The van der Waals surface area contributed by atoms with Crippen molar-refractivity contribution in [1.82, 2.24) is 4.90 Å². The molecule has 1 aliphatic carbocycles. The predicted octanol–water partition coefficient (Wildman–Crippen LogP) is 3.78. The zero-order chi connectivity index (χ0) is 16.7. The normalized spacial score (nSPS) is 15.7. The van der Waals surface area contributed by atoms with Gasteiger partial charge in [0.05, 0.1) is 0 Å². The van der Waals surface area contributed by atoms with E-state index in [1.807, 2.05) is 11.8 Å². The fraction of sp³-hybridized carbons (Fsp3) is 0.529. The van der Waals surface area contributed by atoms with Crippen LogP contribution in [-0.2, 0) is 14.3 Å². The summed E-state index contributed by atoms with van der Waals surface area (Å²) in [4.78, 5) is 25.8. The molecule has 1 aromatic rings. The number of ether oxygens (including phenoxy) is 1. The number of amides is 1. The Bertz CT molecular complexity index is 561. The second-order valence-corrected chi connectivity index (χ2v) is 6.34. The number of carbonyl (C=O) groups is 2. The van der Waals surface area contributed by atoms with Gasteiger partial charge in [0.25, 0.3) is 5.91 Å². The molecule has 5 nitrogen and oxygen atoms in total. The van der Waals surface area contributed by atoms with Crippen molar-refractivity contribution in [2.45, 2.75) is 45.1 Å². The maximum Gasteiger partial charge on any atom is 0.331 e. The Hall–Kier alpha value is -1.56. The summed E-state index contributed by atoms with van der Waals surface area (Å²) in [6.07, 6.45) is 8.42. The number of nitrogens with zero attached hydrogens (tertiary/aromatic N) is 1. The maximum absolute atomic E-state index is 12.3. The van der Waals surface area contributed by atoms with E-state index in [2.05, 4.69) is 15.9 Å². The highest BCUT2D eigenvalue weighted by Gasteiger charge is 2.24. The summed E-state index contributed by atoms with van der Waals surface area (Å²) in [5, 5.41) is 0. The second kappa shape index (κ2) is 8.91. The van der Waals surface area contributed by atoms with E-state index in [1.165, 1.54) is 18.6 Å². The maximum atomic E-state index is 12.3. The third-order valence-electron chi connectivity index (χ3n) is 3.99. The summed E-state index contributed by atoms with van der Waals surface area (Å²) in [7, 11) is 0. The smallest absolute Gasteiger partial charge is 0.331 e. The standard InChI is InChI=1S/C17H22BrNO4/c1-2-19(13-6-4-3-5-7-13)16(20)12-22-17(21)11-9-14-8-10-15(18)23-14/h8-11,13H,2-7,12H2,1H3. The van der Waals surface area contributed by atoms with E-state index in [9.17, 15) is 9.59 Å². The van der Waals surface area contributed by atoms with Crippen molar-refractivity contribution in [3.05, 3.63) is 28.6 Å². The molecule has 1 saturated carbocycles. The molecular formula is C17H22BrNO4. The van der Waals surface area contributed by atoms with Crippen molar-refractivity contribution in [3.63, 3.8) is 0 Å². The van der Waals surface area contributed by atoms with E-state index in [0.717, 1.165) is 25.7 Å². The molecule has 1 heterocycles. The molecule has 2 rings (SSSR count). The van der Waals surface area contributed by atoms with Crippen LogP contribution in [0.15, 0.2) is 27.3 Å². The summed E-state index contributed by atoms with van der Waals surface area (Å²) in [6.45, 7) is 2.40. The lowest BCUT2D eigenvalue weighted by Crippen LogP contribution is -2.43. The molecule has 0 saturated heterocycles. The molecule has 0 N–H and O–H groups in total. The van der Waals surface area contributed by atoms with Crippen LogP contribution >= 0.6 is 15.9 Å². The van der Waals surface area contributed by atoms with Gasteiger partial charge in [-0.15, -0.1) is 0 Å². The van der Waals surface area contributed by atoms with Crippen LogP contribution in [0.2, 0.25) is 0 Å². The molecule has 1 fully saturated rings. The Labute approximate surface area is 144 Å². The van der Waals surface area contributed by atoms with E-state index in [0.29, 0.717) is 17.0 Å². The highest BCUT2D eigenvalue weighted by atomic mass is 79.9. The van der Waals surface area contributed by atoms with Gasteiger partial charge in [0.15, 0.2) is 11.3 Å². The zero-order valence-corrected chi connectivity index (χ0v) is 14.9. The Morgan fingerprint density at radius 1 is 1.35 bits per heavy atom. The van der Waals surface area contributed by atoms with Crippen LogP contribution in [0.5, 0.6) is 0 Å². The molecular weight excluding hydrogens is 362 g/mol. The highest BCUT2D eigenvalue weighted by Crippen LogP contribution is 2.22. The van der Waals surface area contributed by atoms with Crippen molar-refractivity contribution in [3.8, 4) is 0 Å². The summed E-state index contributed by atoms with van der Waals surface area (Å²) in [5.41, 5.74) is 0. The van der Waals surface area contributed by atoms with E-state index in [4.69, 9.17) is 9.15 Å². The highest BCUT2D eigenvalue weighted by molar-refractivity contribution is 9.10. The van der Waals surface area contributed by atoms with Crippen molar-refractivity contribution in [1.29, 1.82) is 0 Å². The van der Waals surface area contributed by atoms with Gasteiger partial charge in [-0.25, -0.2) is 4.79 Å². The minimum atomic E-state index is -0.550. The largest absolute Gasteiger partial charge is 0.452 e. The number of hydrogen-bond donors (Lipinski definition) is 0. The van der Waals surface area contributed by atoms with Gasteiger partial charge >= 0.3 is 5.97 Å². The summed E-state index contributed by atoms with van der Waals surface area (Å²) in [5.74, 6) is -0.134. The van der Waals surface area contributed by atoms with Gasteiger partial charge in [-0.2, -0.15) is 0 Å². The molecule has 0 aromatic carbocycles. The van der Waals surface area contributed by atoms with E-state index in [1.54, 1.807) is 12.1 Å². The van der Waals surface area contributed by atoms with Crippen molar-refractivity contribution in [2.75, 3.05) is 13.2 Å². The zero-order valence-electron chi connectivity index (χ0n) is 13.3. The van der Waals surface area contributed by atoms with Gasteiger partial charge in [-0.3, -0.25) is 4.79 Å². The van der Waals surface area contributed by atoms with Crippen LogP contribution in [0.3, 0.4) is 0 Å². The molecule has 1 aromatic heterocycles. The Balaban J connectivity index is 1.80. The van der Waals surface area contributed by atoms with Crippen LogP contribution in [-0.4, -0.2) is 36.0 Å². The summed E-state index contributed by atoms with van der Waals surface area (Å²) >= 11 is 3.18. The molecule has 0 spiro atoms. The van der Waals surface area contributed by atoms with Gasteiger partial charge in [0.2, 0.25) is 0 Å². The first-order valence-electron chi connectivity index (χ1n) is 7.99. The first kappa shape index (κ1) is 17.8. The van der Waals surface area contributed by atoms with E-state index < -0.39 is 5.97 Å². The van der Waals surface area contributed by atoms with Crippen LogP contribution in [0, 0.1) is 0 Å². The number of esters is 1. The van der Waals surface area contributed by atoms with Gasteiger partial charge < -0.3 is 14.1 Å². The van der Waals surface area contributed by atoms with Crippen molar-refractivity contribution in [2.24, 2.45) is 0 Å². The first-order valence-corrected chi connectivity index (χ1v) is 8.79. The molecule has 0 unspecified atom stereocenters. The van der Waals surface area contributed by atoms with E-state index in [-0.39, 0.29) is 18.6 Å². The van der Waals surface area contributed by atoms with Crippen LogP contribution in [0.4, 0.5) is 0 Å². The number of carbonyl (C=O) groups excluding carboxylic acids is 2. The van der Waals surface area contributed by atoms with Crippen molar-refractivity contribution < 1.29 is 18.7 Å². The molecule has 0 radical (unpaired) electrons. The topological polar surface area (TPSA) is 59.8 Å². The third kappa shape index (κ3) is 5.53. The predicted molar refractivity (Wildman–Crippen MR) is 90.7 cm³/mol. The van der Waals surface area contributed by atoms with Gasteiger partial charge in [0.1, 0.15) is 5.76 Å². The van der Waals surface area contributed by atoms with Crippen LogP contribution in [0.1, 0.15) is 44.8 Å². The average Bonchev–Trinajstić information content (AvgIpc) is 2.98. The number of rotatable bonds is 6. The molecule has 1 aliphatic rings. The SMILES string of the molecule is CCN(C(=O)COC(=O)C=Cc1ccc(Br)o1)C1CCCCC1. The Morgan fingerprint density at radius 3 is 2.70 bits per heavy atom. The monoisotopic (exact) mass is 383 g/mol. The molecule has 1 amide bonds.